The predicted molar refractivity (Wildman–Crippen MR) is 52.4 cm³/mol. The molecule has 6 heteroatoms. The maximum absolute atomic E-state index is 13.1. The number of aliphatic hydroxyl groups excluding tert-OH is 1. The Morgan fingerprint density at radius 3 is 2.50 bits per heavy atom. The van der Waals surface area contributed by atoms with Gasteiger partial charge in [0, 0.05) is 0 Å². The van der Waals surface area contributed by atoms with Crippen LogP contribution in [0.15, 0.2) is 24.3 Å². The Morgan fingerprint density at radius 2 is 2.00 bits per heavy atom. The third-order valence-electron chi connectivity index (χ3n) is 2.19. The highest BCUT2D eigenvalue weighted by Crippen LogP contribution is 2.30. The molecule has 0 amide bonds. The Balaban J connectivity index is 3.18. The molecule has 0 radical (unpaired) electrons. The van der Waals surface area contributed by atoms with Crippen LogP contribution < -0.4 is 5.73 Å². The van der Waals surface area contributed by atoms with E-state index in [1.54, 1.807) is 0 Å². The molecule has 0 spiro atoms. The summed E-state index contributed by atoms with van der Waals surface area (Å²) in [5, 5.41) is 17.3. The lowest BCUT2D eigenvalue weighted by atomic mass is 9.96. The lowest BCUT2D eigenvalue weighted by molar-refractivity contribution is -0.0713. The minimum absolute atomic E-state index is 0.200. The fraction of sp³-hybridized carbons (Fsp3) is 0.300. The zero-order valence-corrected chi connectivity index (χ0v) is 8.23. The van der Waals surface area contributed by atoms with Gasteiger partial charge in [-0.15, -0.1) is 0 Å². The van der Waals surface area contributed by atoms with E-state index in [-0.39, 0.29) is 11.1 Å². The van der Waals surface area contributed by atoms with E-state index in [4.69, 9.17) is 15.9 Å². The van der Waals surface area contributed by atoms with Crippen LogP contribution in [-0.2, 0) is 0 Å². The topological polar surface area (TPSA) is 83.6 Å². The third kappa shape index (κ3) is 2.34. The number of hydrogen-bond acceptors (Lipinski definition) is 3. The lowest BCUT2D eigenvalue weighted by Gasteiger charge is -2.22. The van der Waals surface area contributed by atoms with E-state index >= 15 is 0 Å². The molecule has 0 fully saturated rings. The largest absolute Gasteiger partial charge is 0.478 e. The molecular weight excluding hydrogens is 220 g/mol. The minimum atomic E-state index is -3.55. The molecule has 1 atom stereocenters. The first-order chi connectivity index (χ1) is 7.40. The Bertz CT molecular complexity index is 395. The summed E-state index contributed by atoms with van der Waals surface area (Å²) in [5.41, 5.74) is 4.76. The van der Waals surface area contributed by atoms with Crippen molar-refractivity contribution in [3.63, 3.8) is 0 Å². The first-order valence-electron chi connectivity index (χ1n) is 4.46. The highest BCUT2D eigenvalue weighted by Gasteiger charge is 2.38. The second-order valence-electron chi connectivity index (χ2n) is 3.29. The number of hydrogen-bond donors (Lipinski definition) is 3. The first-order valence-corrected chi connectivity index (χ1v) is 4.46. The fourth-order valence-electron chi connectivity index (χ4n) is 1.29. The SMILES string of the molecule is N[C@@H](c1ccccc1C(=O)O)C(F)(F)CO. The summed E-state index contributed by atoms with van der Waals surface area (Å²) in [6.07, 6.45) is 0. The second kappa shape index (κ2) is 4.54. The van der Waals surface area contributed by atoms with Gasteiger partial charge in [-0.1, -0.05) is 18.2 Å². The average molecular weight is 231 g/mol. The number of halogens is 2. The maximum Gasteiger partial charge on any atom is 0.336 e. The van der Waals surface area contributed by atoms with E-state index in [2.05, 4.69) is 0 Å². The molecule has 4 N–H and O–H groups in total. The van der Waals surface area contributed by atoms with Crippen LogP contribution in [0, 0.1) is 0 Å². The second-order valence-corrected chi connectivity index (χ2v) is 3.29. The van der Waals surface area contributed by atoms with Crippen LogP contribution in [0.25, 0.3) is 0 Å². The molecule has 0 saturated heterocycles. The predicted octanol–water partition coefficient (Wildman–Crippen LogP) is 1.01. The summed E-state index contributed by atoms with van der Waals surface area (Å²) in [6.45, 7) is -1.43. The molecule has 1 aromatic carbocycles. The van der Waals surface area contributed by atoms with Crippen molar-refractivity contribution in [1.82, 2.24) is 0 Å². The summed E-state index contributed by atoms with van der Waals surface area (Å²) in [7, 11) is 0. The Labute approximate surface area is 90.3 Å². The fourth-order valence-corrected chi connectivity index (χ4v) is 1.29. The van der Waals surface area contributed by atoms with Crippen LogP contribution >= 0.6 is 0 Å². The monoisotopic (exact) mass is 231 g/mol. The Kier molecular flexibility index (Phi) is 3.56. The molecule has 4 nitrogen and oxygen atoms in total. The van der Waals surface area contributed by atoms with Gasteiger partial charge >= 0.3 is 5.97 Å². The standard InChI is InChI=1S/C10H11F2NO3/c11-10(12,5-14)8(13)6-3-1-2-4-7(6)9(15)16/h1-4,8,14H,5,13H2,(H,15,16)/t8-/m0/s1. The van der Waals surface area contributed by atoms with Crippen molar-refractivity contribution in [2.24, 2.45) is 5.73 Å². The van der Waals surface area contributed by atoms with Gasteiger partial charge in [-0.05, 0) is 11.6 Å². The lowest BCUT2D eigenvalue weighted by Crippen LogP contribution is -2.37. The van der Waals surface area contributed by atoms with Gasteiger partial charge in [-0.2, -0.15) is 0 Å². The van der Waals surface area contributed by atoms with Gasteiger partial charge < -0.3 is 15.9 Å². The number of carboxylic acid groups (broad SMARTS) is 1. The van der Waals surface area contributed by atoms with Crippen molar-refractivity contribution in [1.29, 1.82) is 0 Å². The number of benzene rings is 1. The summed E-state index contributed by atoms with van der Waals surface area (Å²) in [6, 6.07) is 3.37. The highest BCUT2D eigenvalue weighted by molar-refractivity contribution is 5.89. The maximum atomic E-state index is 13.1. The van der Waals surface area contributed by atoms with Crippen LogP contribution in [0.3, 0.4) is 0 Å². The van der Waals surface area contributed by atoms with Gasteiger partial charge in [-0.3, -0.25) is 0 Å². The van der Waals surface area contributed by atoms with Gasteiger partial charge in [0.15, 0.2) is 0 Å². The molecule has 0 heterocycles. The summed E-state index contributed by atoms with van der Waals surface area (Å²) in [5.74, 6) is -4.88. The smallest absolute Gasteiger partial charge is 0.336 e. The summed E-state index contributed by atoms with van der Waals surface area (Å²) < 4.78 is 26.2. The van der Waals surface area contributed by atoms with Crippen molar-refractivity contribution in [3.05, 3.63) is 35.4 Å². The van der Waals surface area contributed by atoms with Crippen LogP contribution in [0.5, 0.6) is 0 Å². The van der Waals surface area contributed by atoms with Gasteiger partial charge in [0.05, 0.1) is 11.6 Å². The van der Waals surface area contributed by atoms with E-state index < -0.39 is 24.5 Å². The third-order valence-corrected chi connectivity index (χ3v) is 2.19. The molecule has 0 aliphatic rings. The number of rotatable bonds is 4. The van der Waals surface area contributed by atoms with Crippen LogP contribution in [0.2, 0.25) is 0 Å². The van der Waals surface area contributed by atoms with Crippen molar-refractivity contribution in [2.45, 2.75) is 12.0 Å². The Hall–Kier alpha value is -1.53. The molecule has 1 rings (SSSR count). The number of carboxylic acids is 1. The number of nitrogens with two attached hydrogens (primary N) is 1. The van der Waals surface area contributed by atoms with E-state index in [1.807, 2.05) is 0 Å². The quantitative estimate of drug-likeness (QED) is 0.722. The van der Waals surface area contributed by atoms with E-state index in [0.29, 0.717) is 0 Å². The van der Waals surface area contributed by atoms with Gasteiger partial charge in [-0.25, -0.2) is 13.6 Å². The van der Waals surface area contributed by atoms with E-state index in [0.717, 1.165) is 0 Å². The zero-order valence-electron chi connectivity index (χ0n) is 8.23. The number of alkyl halides is 2. The van der Waals surface area contributed by atoms with Crippen LogP contribution in [-0.4, -0.2) is 28.7 Å². The van der Waals surface area contributed by atoms with Gasteiger partial charge in [0.1, 0.15) is 6.61 Å². The van der Waals surface area contributed by atoms with Crippen molar-refractivity contribution < 1.29 is 23.8 Å². The molecule has 0 unspecified atom stereocenters. The van der Waals surface area contributed by atoms with Crippen LogP contribution in [0.4, 0.5) is 8.78 Å². The molecule has 0 aliphatic heterocycles. The van der Waals surface area contributed by atoms with Crippen molar-refractivity contribution >= 4 is 5.97 Å². The average Bonchev–Trinajstić information content (AvgIpc) is 2.28. The minimum Gasteiger partial charge on any atom is -0.478 e. The summed E-state index contributed by atoms with van der Waals surface area (Å²) >= 11 is 0. The molecule has 16 heavy (non-hydrogen) atoms. The molecule has 0 bridgehead atoms. The molecule has 1 aromatic rings. The van der Waals surface area contributed by atoms with E-state index in [1.165, 1.54) is 24.3 Å². The molecular formula is C10H11F2NO3. The van der Waals surface area contributed by atoms with Crippen molar-refractivity contribution in [3.8, 4) is 0 Å². The number of aromatic carboxylic acids is 1. The van der Waals surface area contributed by atoms with Crippen LogP contribution in [0.1, 0.15) is 22.0 Å². The van der Waals surface area contributed by atoms with Crippen molar-refractivity contribution in [2.75, 3.05) is 6.61 Å². The summed E-state index contributed by atoms with van der Waals surface area (Å²) in [4.78, 5) is 10.8. The highest BCUT2D eigenvalue weighted by atomic mass is 19.3. The molecule has 0 aliphatic carbocycles. The van der Waals surface area contributed by atoms with Gasteiger partial charge in [0.2, 0.25) is 0 Å². The van der Waals surface area contributed by atoms with E-state index in [9.17, 15) is 13.6 Å². The first kappa shape index (κ1) is 12.5. The molecule has 0 aromatic heterocycles. The number of carbonyl (C=O) groups is 1. The Morgan fingerprint density at radius 1 is 1.44 bits per heavy atom. The molecule has 0 saturated carbocycles. The molecule has 88 valence electrons. The van der Waals surface area contributed by atoms with Gasteiger partial charge in [0.25, 0.3) is 5.92 Å². The normalized spacial score (nSPS) is 13.5. The zero-order chi connectivity index (χ0) is 12.3. The number of aliphatic hydroxyl groups is 1.